The van der Waals surface area contributed by atoms with Crippen molar-refractivity contribution in [3.05, 3.63) is 65.7 Å². The minimum absolute atomic E-state index is 0.0901. The Hall–Kier alpha value is -1.82. The van der Waals surface area contributed by atoms with E-state index in [9.17, 15) is 4.39 Å². The third-order valence-electron chi connectivity index (χ3n) is 6.17. The highest BCUT2D eigenvalue weighted by Gasteiger charge is 2.25. The van der Waals surface area contributed by atoms with Gasteiger partial charge < -0.3 is 4.74 Å². The van der Waals surface area contributed by atoms with Crippen molar-refractivity contribution in [2.75, 3.05) is 32.8 Å². The topological polar surface area (TPSA) is 28.6 Å². The van der Waals surface area contributed by atoms with E-state index in [1.54, 1.807) is 12.1 Å². The van der Waals surface area contributed by atoms with Crippen LogP contribution in [0, 0.1) is 11.7 Å². The Morgan fingerprint density at radius 2 is 1.86 bits per heavy atom. The van der Waals surface area contributed by atoms with Crippen LogP contribution in [0.1, 0.15) is 36.9 Å². The summed E-state index contributed by atoms with van der Waals surface area (Å²) < 4.78 is 19.8. The highest BCUT2D eigenvalue weighted by molar-refractivity contribution is 5.17. The van der Waals surface area contributed by atoms with E-state index in [4.69, 9.17) is 4.74 Å². The largest absolute Gasteiger partial charge is 0.377 e. The van der Waals surface area contributed by atoms with Crippen molar-refractivity contribution in [2.24, 2.45) is 5.92 Å². The van der Waals surface area contributed by atoms with Crippen LogP contribution in [0.2, 0.25) is 0 Å². The summed E-state index contributed by atoms with van der Waals surface area (Å²) in [6.45, 7) is 6.66. The quantitative estimate of drug-likeness (QED) is 0.670. The number of nitrogens with zero attached hydrogens (tertiary/aromatic N) is 3. The van der Waals surface area contributed by atoms with Gasteiger partial charge in [0.15, 0.2) is 0 Å². The number of piperidine rings is 1. The van der Waals surface area contributed by atoms with Gasteiger partial charge >= 0.3 is 0 Å². The van der Waals surface area contributed by atoms with Gasteiger partial charge in [-0.05, 0) is 62.9 Å². The maximum Gasteiger partial charge on any atom is 0.127 e. The average Bonchev–Trinajstić information content (AvgIpc) is 3.25. The zero-order chi connectivity index (χ0) is 19.9. The van der Waals surface area contributed by atoms with Crippen LogP contribution in [0.5, 0.6) is 0 Å². The lowest BCUT2D eigenvalue weighted by Crippen LogP contribution is -2.40. The second kappa shape index (κ2) is 10.3. The van der Waals surface area contributed by atoms with E-state index < -0.39 is 0 Å². The van der Waals surface area contributed by atoms with Crippen molar-refractivity contribution in [3.63, 3.8) is 0 Å². The van der Waals surface area contributed by atoms with Crippen LogP contribution in [-0.2, 0) is 17.8 Å². The van der Waals surface area contributed by atoms with Crippen LogP contribution in [0.25, 0.3) is 0 Å². The fourth-order valence-corrected chi connectivity index (χ4v) is 4.56. The molecule has 0 aliphatic carbocycles. The Morgan fingerprint density at radius 1 is 1.03 bits per heavy atom. The molecule has 2 aliphatic rings. The number of ether oxygens (including phenoxy) is 1. The number of likely N-dealkylation sites (tertiary alicyclic amines) is 1. The number of pyridine rings is 1. The third kappa shape index (κ3) is 6.08. The molecule has 0 saturated carbocycles. The van der Waals surface area contributed by atoms with Crippen molar-refractivity contribution >= 4 is 0 Å². The molecule has 3 heterocycles. The van der Waals surface area contributed by atoms with Crippen molar-refractivity contribution in [1.29, 1.82) is 0 Å². The van der Waals surface area contributed by atoms with Gasteiger partial charge in [0.25, 0.3) is 0 Å². The summed E-state index contributed by atoms with van der Waals surface area (Å²) in [6.07, 6.45) is 6.91. The predicted molar refractivity (Wildman–Crippen MR) is 113 cm³/mol. The molecule has 5 heteroatoms. The minimum Gasteiger partial charge on any atom is -0.377 e. The molecule has 2 aliphatic heterocycles. The summed E-state index contributed by atoms with van der Waals surface area (Å²) in [6, 6.07) is 13.3. The Bertz CT molecular complexity index is 743. The molecule has 2 aromatic rings. The molecule has 1 atom stereocenters. The summed E-state index contributed by atoms with van der Waals surface area (Å²) in [5.41, 5.74) is 1.93. The Morgan fingerprint density at radius 3 is 2.59 bits per heavy atom. The van der Waals surface area contributed by atoms with Crippen molar-refractivity contribution in [1.82, 2.24) is 14.8 Å². The zero-order valence-electron chi connectivity index (χ0n) is 17.2. The van der Waals surface area contributed by atoms with E-state index in [0.717, 1.165) is 50.6 Å². The number of rotatable bonds is 8. The average molecular weight is 398 g/mol. The SMILES string of the molecule is Fc1ccccc1CN1CCC(CN(Cc2ccccn2)C[C@@H]2CCCO2)CC1. The number of aromatic nitrogens is 1. The van der Waals surface area contributed by atoms with Crippen molar-refractivity contribution in [3.8, 4) is 0 Å². The summed E-state index contributed by atoms with van der Waals surface area (Å²) in [5, 5.41) is 0. The number of hydrogen-bond acceptors (Lipinski definition) is 4. The standard InChI is InChI=1S/C24H32FN3O/c25-24-9-2-1-6-21(24)17-27-13-10-20(11-14-27)16-28(19-23-8-5-15-29-23)18-22-7-3-4-12-26-22/h1-4,6-7,9,12,20,23H,5,8,10-11,13-19H2/t23-/m0/s1. The maximum absolute atomic E-state index is 13.9. The molecule has 0 amide bonds. The van der Waals surface area contributed by atoms with Crippen molar-refractivity contribution in [2.45, 2.75) is 44.9 Å². The highest BCUT2D eigenvalue weighted by atomic mass is 19.1. The molecule has 0 N–H and O–H groups in total. The first-order chi connectivity index (χ1) is 14.3. The third-order valence-corrected chi connectivity index (χ3v) is 6.17. The molecule has 1 aromatic carbocycles. The molecule has 0 radical (unpaired) electrons. The summed E-state index contributed by atoms with van der Waals surface area (Å²) in [5.74, 6) is 0.588. The van der Waals surface area contributed by atoms with Gasteiger partial charge in [0.2, 0.25) is 0 Å². The first-order valence-electron chi connectivity index (χ1n) is 11.0. The fourth-order valence-electron chi connectivity index (χ4n) is 4.56. The Kier molecular flexibility index (Phi) is 7.25. The van der Waals surface area contributed by atoms with E-state index in [1.165, 1.54) is 25.7 Å². The molecular weight excluding hydrogens is 365 g/mol. The minimum atomic E-state index is -0.0901. The molecule has 4 rings (SSSR count). The van der Waals surface area contributed by atoms with E-state index in [2.05, 4.69) is 26.9 Å². The van der Waals surface area contributed by atoms with Crippen molar-refractivity contribution < 1.29 is 9.13 Å². The molecule has 156 valence electrons. The zero-order valence-corrected chi connectivity index (χ0v) is 17.2. The lowest BCUT2D eigenvalue weighted by molar-refractivity contribution is 0.0565. The lowest BCUT2D eigenvalue weighted by Gasteiger charge is -2.35. The van der Waals surface area contributed by atoms with Gasteiger partial charge in [0.05, 0.1) is 11.8 Å². The van der Waals surface area contributed by atoms with E-state index in [0.29, 0.717) is 18.6 Å². The van der Waals surface area contributed by atoms with Crippen LogP contribution in [0.4, 0.5) is 4.39 Å². The highest BCUT2D eigenvalue weighted by Crippen LogP contribution is 2.23. The predicted octanol–water partition coefficient (Wildman–Crippen LogP) is 4.11. The summed E-state index contributed by atoms with van der Waals surface area (Å²) in [4.78, 5) is 9.45. The number of hydrogen-bond donors (Lipinski definition) is 0. The summed E-state index contributed by atoms with van der Waals surface area (Å²) >= 11 is 0. The van der Waals surface area contributed by atoms with Crippen LogP contribution in [0.3, 0.4) is 0 Å². The van der Waals surface area contributed by atoms with Gasteiger partial charge in [-0.2, -0.15) is 0 Å². The molecule has 0 bridgehead atoms. The molecular formula is C24H32FN3O. The van der Waals surface area contributed by atoms with Gasteiger partial charge in [0.1, 0.15) is 5.82 Å². The lowest BCUT2D eigenvalue weighted by atomic mass is 9.95. The Balaban J connectivity index is 1.30. The van der Waals surface area contributed by atoms with Gasteiger partial charge in [-0.25, -0.2) is 4.39 Å². The molecule has 0 unspecified atom stereocenters. The summed E-state index contributed by atoms with van der Waals surface area (Å²) in [7, 11) is 0. The first-order valence-corrected chi connectivity index (χ1v) is 11.0. The maximum atomic E-state index is 13.9. The molecule has 0 spiro atoms. The Labute approximate surface area is 173 Å². The number of halogens is 1. The van der Waals surface area contributed by atoms with Crippen LogP contribution in [0.15, 0.2) is 48.7 Å². The first kappa shape index (κ1) is 20.5. The smallest absolute Gasteiger partial charge is 0.127 e. The molecule has 29 heavy (non-hydrogen) atoms. The monoisotopic (exact) mass is 397 g/mol. The van der Waals surface area contributed by atoms with E-state index >= 15 is 0 Å². The van der Waals surface area contributed by atoms with Gasteiger partial charge in [-0.15, -0.1) is 0 Å². The second-order valence-electron chi connectivity index (χ2n) is 8.46. The normalized spacial score (nSPS) is 21.1. The fraction of sp³-hybridized carbons (Fsp3) is 0.542. The van der Waals surface area contributed by atoms with Crippen LogP contribution >= 0.6 is 0 Å². The van der Waals surface area contributed by atoms with Gasteiger partial charge in [-0.1, -0.05) is 24.3 Å². The van der Waals surface area contributed by atoms with Gasteiger partial charge in [0, 0.05) is 44.5 Å². The second-order valence-corrected chi connectivity index (χ2v) is 8.46. The van der Waals surface area contributed by atoms with Gasteiger partial charge in [-0.3, -0.25) is 14.8 Å². The van der Waals surface area contributed by atoms with E-state index in [1.807, 2.05) is 24.4 Å². The van der Waals surface area contributed by atoms with Crippen LogP contribution < -0.4 is 0 Å². The molecule has 2 saturated heterocycles. The molecule has 4 nitrogen and oxygen atoms in total. The molecule has 2 fully saturated rings. The van der Waals surface area contributed by atoms with E-state index in [-0.39, 0.29) is 5.82 Å². The number of benzene rings is 1. The van der Waals surface area contributed by atoms with Crippen LogP contribution in [-0.4, -0.2) is 53.7 Å². The molecule has 1 aromatic heterocycles.